The highest BCUT2D eigenvalue weighted by molar-refractivity contribution is 6.63. The third-order valence-electron chi connectivity index (χ3n) is 5.40. The molecule has 3 saturated carbocycles. The summed E-state index contributed by atoms with van der Waals surface area (Å²) in [6.07, 6.45) is 6.96. The average Bonchev–Trinajstić information content (AvgIpc) is 2.89. The van der Waals surface area contributed by atoms with Crippen molar-refractivity contribution in [2.75, 3.05) is 0 Å². The Labute approximate surface area is 115 Å². The molecule has 4 heteroatoms. The SMILES string of the molecule is ClC1(Cl)[C@H]2C[C@@H]([C@H]3[C@H]2[C@H]2C=C[C@H]3C2)C1(Cl)Cl. The highest BCUT2D eigenvalue weighted by atomic mass is 35.5. The number of rotatable bonds is 0. The minimum absolute atomic E-state index is 0.279. The minimum Gasteiger partial charge on any atom is -0.0980 e. The van der Waals surface area contributed by atoms with Gasteiger partial charge in [-0.15, -0.1) is 0 Å². The predicted octanol–water partition coefficient (Wildman–Crippen LogP) is 4.42. The van der Waals surface area contributed by atoms with Gasteiger partial charge in [-0.1, -0.05) is 58.6 Å². The van der Waals surface area contributed by atoms with Gasteiger partial charge in [0.15, 0.2) is 8.67 Å². The van der Waals surface area contributed by atoms with Gasteiger partial charge in [0.05, 0.1) is 0 Å². The molecule has 0 heterocycles. The largest absolute Gasteiger partial charge is 0.154 e. The van der Waals surface area contributed by atoms with Crippen molar-refractivity contribution < 1.29 is 0 Å². The van der Waals surface area contributed by atoms with Crippen LogP contribution in [0.25, 0.3) is 0 Å². The molecule has 0 unspecified atom stereocenters. The molecule has 0 amide bonds. The molecule has 6 atom stereocenters. The summed E-state index contributed by atoms with van der Waals surface area (Å²) in [6, 6.07) is 0. The lowest BCUT2D eigenvalue weighted by Crippen LogP contribution is -2.50. The molecule has 0 aliphatic heterocycles. The van der Waals surface area contributed by atoms with E-state index in [9.17, 15) is 0 Å². The van der Waals surface area contributed by atoms with Gasteiger partial charge in [0.1, 0.15) is 0 Å². The van der Waals surface area contributed by atoms with Crippen LogP contribution in [-0.2, 0) is 0 Å². The van der Waals surface area contributed by atoms with Crippen molar-refractivity contribution in [3.8, 4) is 0 Å². The van der Waals surface area contributed by atoms with E-state index in [-0.39, 0.29) is 11.8 Å². The number of fused-ring (bicyclic) bond motifs is 9. The van der Waals surface area contributed by atoms with Gasteiger partial charge in [-0.25, -0.2) is 0 Å². The quantitative estimate of drug-likeness (QED) is 0.353. The molecule has 0 aromatic heterocycles. The summed E-state index contributed by atoms with van der Waals surface area (Å²) in [5, 5.41) is 0. The smallest absolute Gasteiger partial charge is 0.0980 e. The molecule has 0 radical (unpaired) electrons. The van der Waals surface area contributed by atoms with Gasteiger partial charge in [0.2, 0.25) is 0 Å². The van der Waals surface area contributed by atoms with Crippen molar-refractivity contribution in [2.24, 2.45) is 35.5 Å². The average molecular weight is 298 g/mol. The maximum absolute atomic E-state index is 6.44. The van der Waals surface area contributed by atoms with Crippen LogP contribution >= 0.6 is 46.4 Å². The van der Waals surface area contributed by atoms with Crippen LogP contribution in [0.4, 0.5) is 0 Å². The van der Waals surface area contributed by atoms with Gasteiger partial charge in [0.25, 0.3) is 0 Å². The summed E-state index contributed by atoms with van der Waals surface area (Å²) < 4.78 is -1.92. The zero-order valence-corrected chi connectivity index (χ0v) is 11.6. The van der Waals surface area contributed by atoms with Crippen LogP contribution in [0.2, 0.25) is 0 Å². The molecule has 4 aliphatic carbocycles. The maximum atomic E-state index is 6.44. The number of allylic oxidation sites excluding steroid dienone is 2. The Bertz CT molecular complexity index is 352. The molecule has 0 aromatic carbocycles. The molecule has 0 N–H and O–H groups in total. The van der Waals surface area contributed by atoms with Gasteiger partial charge < -0.3 is 0 Å². The van der Waals surface area contributed by atoms with Crippen molar-refractivity contribution in [3.05, 3.63) is 12.2 Å². The van der Waals surface area contributed by atoms with Crippen molar-refractivity contribution in [3.63, 3.8) is 0 Å². The lowest BCUT2D eigenvalue weighted by atomic mass is 9.72. The number of halogens is 4. The normalized spacial score (nSPS) is 58.2. The van der Waals surface area contributed by atoms with Crippen LogP contribution in [0.5, 0.6) is 0 Å². The van der Waals surface area contributed by atoms with E-state index in [1.165, 1.54) is 6.42 Å². The van der Waals surface area contributed by atoms with E-state index in [0.29, 0.717) is 23.7 Å². The first-order chi connectivity index (χ1) is 7.44. The Hall–Kier alpha value is 0.900. The lowest BCUT2D eigenvalue weighted by Gasteiger charge is -2.45. The fraction of sp³-hybridized carbons (Fsp3) is 0.833. The molecule has 88 valence electrons. The first kappa shape index (κ1) is 10.8. The van der Waals surface area contributed by atoms with Crippen molar-refractivity contribution >= 4 is 46.4 Å². The third kappa shape index (κ3) is 0.955. The Morgan fingerprint density at radius 2 is 1.19 bits per heavy atom. The van der Waals surface area contributed by atoms with Crippen LogP contribution < -0.4 is 0 Å². The fourth-order valence-corrected chi connectivity index (χ4v) is 6.39. The molecule has 4 bridgehead atoms. The van der Waals surface area contributed by atoms with E-state index in [4.69, 9.17) is 46.4 Å². The van der Waals surface area contributed by atoms with Gasteiger partial charge in [-0.2, -0.15) is 0 Å². The van der Waals surface area contributed by atoms with Gasteiger partial charge in [-0.3, -0.25) is 0 Å². The standard InChI is InChI=1S/C12H12Cl4/c13-11(14)7-4-8(12(11,15)16)10-6-2-1-5(3-6)9(7)10/h1-2,5-10H,3-4H2/t5-,6-,7-,8-,9-,10-/m0/s1. The van der Waals surface area contributed by atoms with Crippen LogP contribution in [-0.4, -0.2) is 8.67 Å². The molecular weight excluding hydrogens is 286 g/mol. The monoisotopic (exact) mass is 296 g/mol. The summed E-state index contributed by atoms with van der Waals surface area (Å²) in [6.45, 7) is 0. The van der Waals surface area contributed by atoms with E-state index in [0.717, 1.165) is 6.42 Å². The Kier molecular flexibility index (Phi) is 1.95. The first-order valence-corrected chi connectivity index (χ1v) is 7.39. The molecule has 4 aliphatic rings. The highest BCUT2D eigenvalue weighted by Crippen LogP contribution is 2.75. The zero-order valence-electron chi connectivity index (χ0n) is 8.54. The second-order valence-electron chi connectivity index (χ2n) is 5.80. The Balaban J connectivity index is 1.83. The molecule has 3 fully saturated rings. The van der Waals surface area contributed by atoms with Crippen molar-refractivity contribution in [1.82, 2.24) is 0 Å². The second kappa shape index (κ2) is 2.90. The van der Waals surface area contributed by atoms with E-state index in [2.05, 4.69) is 12.2 Å². The summed E-state index contributed by atoms with van der Waals surface area (Å²) in [4.78, 5) is 0. The Morgan fingerprint density at radius 3 is 1.62 bits per heavy atom. The van der Waals surface area contributed by atoms with Crippen molar-refractivity contribution in [2.45, 2.75) is 21.5 Å². The van der Waals surface area contributed by atoms with Gasteiger partial charge >= 0.3 is 0 Å². The fourth-order valence-electron chi connectivity index (χ4n) is 4.89. The van der Waals surface area contributed by atoms with Gasteiger partial charge in [0, 0.05) is 0 Å². The molecule has 0 nitrogen and oxygen atoms in total. The number of hydrogen-bond acceptors (Lipinski definition) is 0. The number of hydrogen-bond donors (Lipinski definition) is 0. The zero-order chi connectivity index (χ0) is 11.3. The van der Waals surface area contributed by atoms with Crippen LogP contribution in [0, 0.1) is 35.5 Å². The van der Waals surface area contributed by atoms with E-state index in [1.54, 1.807) is 0 Å². The molecule has 0 saturated heterocycles. The van der Waals surface area contributed by atoms with Crippen LogP contribution in [0.3, 0.4) is 0 Å². The summed E-state index contributed by atoms with van der Waals surface area (Å²) >= 11 is 25.7. The molecule has 0 spiro atoms. The second-order valence-corrected chi connectivity index (χ2v) is 8.57. The lowest BCUT2D eigenvalue weighted by molar-refractivity contribution is 0.188. The molecule has 0 aromatic rings. The minimum atomic E-state index is -0.958. The summed E-state index contributed by atoms with van der Waals surface area (Å²) in [5.74, 6) is 3.15. The highest BCUT2D eigenvalue weighted by Gasteiger charge is 2.75. The molecular formula is C12H12Cl4. The Morgan fingerprint density at radius 1 is 0.750 bits per heavy atom. The number of alkyl halides is 4. The molecule has 16 heavy (non-hydrogen) atoms. The van der Waals surface area contributed by atoms with E-state index < -0.39 is 8.67 Å². The first-order valence-electron chi connectivity index (χ1n) is 5.88. The predicted molar refractivity (Wildman–Crippen MR) is 68.2 cm³/mol. The van der Waals surface area contributed by atoms with Crippen molar-refractivity contribution in [1.29, 1.82) is 0 Å². The molecule has 4 rings (SSSR count). The van der Waals surface area contributed by atoms with E-state index >= 15 is 0 Å². The van der Waals surface area contributed by atoms with Crippen LogP contribution in [0.15, 0.2) is 12.2 Å². The maximum Gasteiger partial charge on any atom is 0.154 e. The summed E-state index contributed by atoms with van der Waals surface area (Å²) in [5.41, 5.74) is 0. The third-order valence-corrected chi connectivity index (χ3v) is 8.10. The topological polar surface area (TPSA) is 0 Å². The summed E-state index contributed by atoms with van der Waals surface area (Å²) in [7, 11) is 0. The van der Waals surface area contributed by atoms with E-state index in [1.807, 2.05) is 0 Å². The van der Waals surface area contributed by atoms with Gasteiger partial charge in [-0.05, 0) is 48.3 Å². The van der Waals surface area contributed by atoms with Crippen LogP contribution in [0.1, 0.15) is 12.8 Å².